The molecular weight excluding hydrogens is 449 g/mol. The Morgan fingerprint density at radius 1 is 0.943 bits per heavy atom. The van der Waals surface area contributed by atoms with Gasteiger partial charge in [-0.1, -0.05) is 18.7 Å². The van der Waals surface area contributed by atoms with E-state index in [1.54, 1.807) is 32.0 Å². The van der Waals surface area contributed by atoms with E-state index in [1.807, 2.05) is 6.07 Å². The van der Waals surface area contributed by atoms with Gasteiger partial charge in [0, 0.05) is 30.9 Å². The van der Waals surface area contributed by atoms with Crippen LogP contribution in [0.2, 0.25) is 0 Å². The Balaban J connectivity index is 1.34. The van der Waals surface area contributed by atoms with E-state index >= 15 is 0 Å². The average Bonchev–Trinajstić information content (AvgIpc) is 2.83. The molecule has 0 saturated carbocycles. The minimum Gasteiger partial charge on any atom is -0.490 e. The smallest absolute Gasteiger partial charge is 0.165 e. The van der Waals surface area contributed by atoms with E-state index in [-0.39, 0.29) is 11.6 Å². The monoisotopic (exact) mass is 486 g/mol. The van der Waals surface area contributed by atoms with Crippen LogP contribution in [-0.4, -0.2) is 54.8 Å². The Bertz CT molecular complexity index is 1020. The van der Waals surface area contributed by atoms with E-state index in [0.717, 1.165) is 51.9 Å². The van der Waals surface area contributed by atoms with Gasteiger partial charge in [0.1, 0.15) is 11.5 Å². The average molecular weight is 487 g/mol. The molecule has 0 aromatic heterocycles. The number of alkyl halides is 1. The third-order valence-corrected chi connectivity index (χ3v) is 7.06. The van der Waals surface area contributed by atoms with Crippen LogP contribution >= 0.6 is 0 Å². The molecule has 0 amide bonds. The second kappa shape index (κ2) is 11.1. The highest BCUT2D eigenvalue weighted by atomic mass is 19.1. The number of hydrogen-bond acceptors (Lipinski definition) is 3. The van der Waals surface area contributed by atoms with Gasteiger partial charge in [0.2, 0.25) is 0 Å². The molecule has 0 unspecified atom stereocenters. The minimum atomic E-state index is -1.20. The van der Waals surface area contributed by atoms with Crippen molar-refractivity contribution in [3.8, 4) is 16.9 Å². The topological polar surface area (TPSA) is 15.7 Å². The number of rotatable bonds is 8. The molecule has 35 heavy (non-hydrogen) atoms. The van der Waals surface area contributed by atoms with Crippen molar-refractivity contribution in [1.29, 1.82) is 0 Å². The first-order valence-corrected chi connectivity index (χ1v) is 12.8. The third kappa shape index (κ3) is 6.81. The molecule has 3 nitrogen and oxygen atoms in total. The largest absolute Gasteiger partial charge is 0.490 e. The highest BCUT2D eigenvalue weighted by molar-refractivity contribution is 5.70. The van der Waals surface area contributed by atoms with E-state index < -0.39 is 11.5 Å². The first kappa shape index (κ1) is 25.6. The molecule has 2 aromatic rings. The molecule has 2 saturated heterocycles. The van der Waals surface area contributed by atoms with Crippen molar-refractivity contribution >= 4 is 5.70 Å². The maximum Gasteiger partial charge on any atom is 0.165 e. The van der Waals surface area contributed by atoms with Gasteiger partial charge in [0.15, 0.2) is 11.6 Å². The maximum atomic E-state index is 14.9. The Labute approximate surface area is 207 Å². The normalized spacial score (nSPS) is 18.0. The predicted molar refractivity (Wildman–Crippen MR) is 136 cm³/mol. The number of likely N-dealkylation sites (tertiary alicyclic amines) is 2. The lowest BCUT2D eigenvalue weighted by atomic mass is 9.96. The van der Waals surface area contributed by atoms with Gasteiger partial charge in [-0.15, -0.1) is 0 Å². The van der Waals surface area contributed by atoms with Crippen LogP contribution in [-0.2, 0) is 0 Å². The maximum absolute atomic E-state index is 14.9. The molecule has 2 aromatic carbocycles. The quantitative estimate of drug-likeness (QED) is 0.403. The molecule has 0 atom stereocenters. The van der Waals surface area contributed by atoms with Gasteiger partial charge in [0.25, 0.3) is 0 Å². The molecule has 4 rings (SSSR count). The summed E-state index contributed by atoms with van der Waals surface area (Å²) >= 11 is 0. The lowest BCUT2D eigenvalue weighted by molar-refractivity contribution is 0.0830. The molecule has 0 aliphatic carbocycles. The van der Waals surface area contributed by atoms with Crippen molar-refractivity contribution in [2.75, 3.05) is 39.3 Å². The van der Waals surface area contributed by atoms with Crippen LogP contribution in [0.1, 0.15) is 51.5 Å². The molecule has 2 heterocycles. The van der Waals surface area contributed by atoms with Crippen LogP contribution in [0.5, 0.6) is 5.75 Å². The highest BCUT2D eigenvalue weighted by Crippen LogP contribution is 2.31. The summed E-state index contributed by atoms with van der Waals surface area (Å²) in [6.45, 7) is 11.6. The summed E-state index contributed by atoms with van der Waals surface area (Å²) in [4.78, 5) is 4.27. The van der Waals surface area contributed by atoms with Gasteiger partial charge in [-0.25, -0.2) is 13.2 Å². The van der Waals surface area contributed by atoms with Crippen LogP contribution < -0.4 is 4.74 Å². The minimum absolute atomic E-state index is 0.205. The van der Waals surface area contributed by atoms with Crippen molar-refractivity contribution in [2.24, 2.45) is 5.92 Å². The molecular formula is C29H37F3N2O. The van der Waals surface area contributed by atoms with Gasteiger partial charge >= 0.3 is 0 Å². The molecule has 6 heteroatoms. The number of halogens is 3. The van der Waals surface area contributed by atoms with Crippen LogP contribution in [0.15, 0.2) is 43.0 Å². The van der Waals surface area contributed by atoms with Crippen LogP contribution in [0, 0.1) is 17.6 Å². The molecule has 0 bridgehead atoms. The molecule has 2 fully saturated rings. The van der Waals surface area contributed by atoms with Gasteiger partial charge in [0.05, 0.1) is 6.61 Å². The van der Waals surface area contributed by atoms with Crippen LogP contribution in [0.25, 0.3) is 16.8 Å². The van der Waals surface area contributed by atoms with E-state index in [2.05, 4.69) is 16.4 Å². The second-order valence-electron chi connectivity index (χ2n) is 10.6. The van der Waals surface area contributed by atoms with Gasteiger partial charge in [-0.2, -0.15) is 0 Å². The summed E-state index contributed by atoms with van der Waals surface area (Å²) in [5.74, 6) is -0.276. The van der Waals surface area contributed by atoms with Gasteiger partial charge in [-0.05, 0) is 100 Å². The van der Waals surface area contributed by atoms with E-state index in [4.69, 9.17) is 4.74 Å². The molecule has 0 N–H and O–H groups in total. The standard InChI is InChI=1S/C29H37F3N2O/c1-21(34-13-5-4-6-14-34)25-9-7-23(17-26(25)30)24-8-10-28(27(31)18-24)35-19-22-11-15-33(16-12-22)20-29(2,3)32/h7-10,17-18,22H,1,4-6,11-16,19-20H2,2-3H3. The number of benzene rings is 2. The summed E-state index contributed by atoms with van der Waals surface area (Å²) in [6.07, 6.45) is 5.22. The molecule has 2 aliphatic rings. The first-order chi connectivity index (χ1) is 16.7. The fraction of sp³-hybridized carbons (Fsp3) is 0.517. The fourth-order valence-corrected chi connectivity index (χ4v) is 5.11. The third-order valence-electron chi connectivity index (χ3n) is 7.06. The van der Waals surface area contributed by atoms with Crippen molar-refractivity contribution < 1.29 is 17.9 Å². The lowest BCUT2D eigenvalue weighted by Gasteiger charge is -2.34. The van der Waals surface area contributed by atoms with Crippen molar-refractivity contribution in [1.82, 2.24) is 9.80 Å². The van der Waals surface area contributed by atoms with Crippen molar-refractivity contribution in [3.63, 3.8) is 0 Å². The van der Waals surface area contributed by atoms with E-state index in [1.165, 1.54) is 18.6 Å². The van der Waals surface area contributed by atoms with Crippen LogP contribution in [0.3, 0.4) is 0 Å². The van der Waals surface area contributed by atoms with Crippen molar-refractivity contribution in [3.05, 3.63) is 60.2 Å². The number of piperidine rings is 2. The Morgan fingerprint density at radius 3 is 2.17 bits per heavy atom. The summed E-state index contributed by atoms with van der Waals surface area (Å²) in [7, 11) is 0. The molecule has 2 aliphatic heterocycles. The zero-order valence-corrected chi connectivity index (χ0v) is 21.0. The summed E-state index contributed by atoms with van der Waals surface area (Å²) in [5, 5.41) is 0. The zero-order chi connectivity index (χ0) is 25.0. The molecule has 0 radical (unpaired) electrons. The summed E-state index contributed by atoms with van der Waals surface area (Å²) < 4.78 is 49.4. The SMILES string of the molecule is C=C(c1ccc(-c2ccc(OCC3CCN(CC(C)(C)F)CC3)c(F)c2)cc1F)N1CCCCC1. The van der Waals surface area contributed by atoms with Crippen LogP contribution in [0.4, 0.5) is 13.2 Å². The Kier molecular flexibility index (Phi) is 8.10. The Hall–Kier alpha value is -2.47. The van der Waals surface area contributed by atoms with Gasteiger partial charge < -0.3 is 14.5 Å². The summed E-state index contributed by atoms with van der Waals surface area (Å²) in [5.41, 5.74) is 1.23. The molecule has 190 valence electrons. The summed E-state index contributed by atoms with van der Waals surface area (Å²) in [6, 6.07) is 9.78. The first-order valence-electron chi connectivity index (χ1n) is 12.8. The van der Waals surface area contributed by atoms with E-state index in [0.29, 0.717) is 41.5 Å². The fourth-order valence-electron chi connectivity index (χ4n) is 5.11. The number of hydrogen-bond donors (Lipinski definition) is 0. The Morgan fingerprint density at radius 2 is 1.57 bits per heavy atom. The lowest BCUT2D eigenvalue weighted by Crippen LogP contribution is -2.41. The number of nitrogens with zero attached hydrogens (tertiary/aromatic N) is 2. The second-order valence-corrected chi connectivity index (χ2v) is 10.6. The highest BCUT2D eigenvalue weighted by Gasteiger charge is 2.25. The predicted octanol–water partition coefficient (Wildman–Crippen LogP) is 6.93. The van der Waals surface area contributed by atoms with Crippen molar-refractivity contribution in [2.45, 2.75) is 51.6 Å². The molecule has 0 spiro atoms. The number of ether oxygens (including phenoxy) is 1. The van der Waals surface area contributed by atoms with Gasteiger partial charge in [-0.3, -0.25) is 0 Å². The zero-order valence-electron chi connectivity index (χ0n) is 21.0. The van der Waals surface area contributed by atoms with E-state index in [9.17, 15) is 13.2 Å².